The fraction of sp³-hybridized carbons (Fsp3) is 0.953. The van der Waals surface area contributed by atoms with E-state index in [2.05, 4.69) is 34.6 Å². The van der Waals surface area contributed by atoms with Gasteiger partial charge in [-0.1, -0.05) is 413 Å². The maximum atomic E-state index is 13.1. The summed E-state index contributed by atoms with van der Waals surface area (Å²) in [5.41, 5.74) is 0. The molecule has 17 nitrogen and oxygen atoms in total. The molecule has 0 saturated carbocycles. The highest BCUT2D eigenvalue weighted by Crippen LogP contribution is 2.45. The lowest BCUT2D eigenvalue weighted by molar-refractivity contribution is -0.161. The van der Waals surface area contributed by atoms with E-state index in [1.165, 1.54) is 289 Å². The monoisotopic (exact) mass is 1540 g/mol. The lowest BCUT2D eigenvalue weighted by atomic mass is 10.0. The second-order valence-corrected chi connectivity index (χ2v) is 34.3. The zero-order valence-electron chi connectivity index (χ0n) is 68.9. The van der Waals surface area contributed by atoms with Crippen LogP contribution in [0.5, 0.6) is 0 Å². The molecule has 0 aliphatic heterocycles. The van der Waals surface area contributed by atoms with Crippen LogP contribution in [0.3, 0.4) is 0 Å². The second kappa shape index (κ2) is 78.7. The zero-order valence-corrected chi connectivity index (χ0v) is 70.7. The van der Waals surface area contributed by atoms with Crippen LogP contribution < -0.4 is 0 Å². The maximum absolute atomic E-state index is 13.1. The summed E-state index contributed by atoms with van der Waals surface area (Å²) in [6, 6.07) is 0. The predicted molar refractivity (Wildman–Crippen MR) is 432 cm³/mol. The summed E-state index contributed by atoms with van der Waals surface area (Å²) >= 11 is 0. The van der Waals surface area contributed by atoms with Crippen molar-refractivity contribution in [2.75, 3.05) is 39.6 Å². The standard InChI is InChI=1S/C86H168O17P2/c1-6-9-12-15-18-21-24-27-30-33-36-38-41-44-49-54-59-64-69-83(88)96-75-81(102-85(90)72-67-62-57-51-46-43-40-37-34-31-28-25-22-19-16-13-10-7-2)77-100-104(92,93)98-73-80(87)74-99-105(94,95)101-78-82(76-97-84(89)70-65-60-55-52-47-48-53-58-63-68-79(4)5)103-86(91)71-66-61-56-50-45-42-39-35-32-29-26-23-20-17-14-11-8-3/h79-82,87H,6-78H2,1-5H3,(H,92,93)(H,94,95)/t80-,81-,82-/m1/s1. The molecule has 105 heavy (non-hydrogen) atoms. The van der Waals surface area contributed by atoms with Crippen molar-refractivity contribution < 1.29 is 80.2 Å². The van der Waals surface area contributed by atoms with Crippen molar-refractivity contribution >= 4 is 39.5 Å². The summed E-state index contributed by atoms with van der Waals surface area (Å²) in [7, 11) is -9.93. The number of esters is 4. The highest BCUT2D eigenvalue weighted by molar-refractivity contribution is 7.47. The number of carbonyl (C=O) groups excluding carboxylic acids is 4. The Bertz CT molecular complexity index is 2000. The molecule has 624 valence electrons. The molecule has 0 amide bonds. The third kappa shape index (κ3) is 79.9. The number of ether oxygens (including phenoxy) is 4. The molecule has 0 fully saturated rings. The molecule has 0 bridgehead atoms. The van der Waals surface area contributed by atoms with Gasteiger partial charge in [0, 0.05) is 25.7 Å². The van der Waals surface area contributed by atoms with Crippen molar-refractivity contribution in [3.05, 3.63) is 0 Å². The molecule has 0 aromatic carbocycles. The molecular weight excluding hydrogens is 1370 g/mol. The Balaban J connectivity index is 5.26. The van der Waals surface area contributed by atoms with Crippen LogP contribution in [0.15, 0.2) is 0 Å². The Labute approximate surface area is 645 Å². The molecule has 0 rings (SSSR count). The normalized spacial score (nSPS) is 13.8. The molecule has 3 N–H and O–H groups in total. The van der Waals surface area contributed by atoms with Gasteiger partial charge in [0.15, 0.2) is 12.2 Å². The number of hydrogen-bond donors (Lipinski definition) is 3. The number of phosphoric ester groups is 2. The minimum absolute atomic E-state index is 0.109. The van der Waals surface area contributed by atoms with E-state index in [4.69, 9.17) is 37.0 Å². The van der Waals surface area contributed by atoms with Crippen molar-refractivity contribution in [1.29, 1.82) is 0 Å². The summed E-state index contributed by atoms with van der Waals surface area (Å²) in [4.78, 5) is 73.3. The highest BCUT2D eigenvalue weighted by Gasteiger charge is 2.30. The first-order valence-electron chi connectivity index (χ1n) is 44.6. The largest absolute Gasteiger partial charge is 0.472 e. The van der Waals surface area contributed by atoms with Crippen LogP contribution in [0.4, 0.5) is 0 Å². The fourth-order valence-corrected chi connectivity index (χ4v) is 15.1. The molecule has 0 aliphatic carbocycles. The summed E-state index contributed by atoms with van der Waals surface area (Å²) in [5, 5.41) is 10.7. The summed E-state index contributed by atoms with van der Waals surface area (Å²) in [6.07, 6.45) is 72.2. The average molecular weight is 1540 g/mol. The fourth-order valence-electron chi connectivity index (χ4n) is 13.5. The van der Waals surface area contributed by atoms with Gasteiger partial charge >= 0.3 is 39.5 Å². The van der Waals surface area contributed by atoms with E-state index in [1.54, 1.807) is 0 Å². The molecule has 0 aliphatic rings. The summed E-state index contributed by atoms with van der Waals surface area (Å²) < 4.78 is 68.9. The highest BCUT2D eigenvalue weighted by atomic mass is 31.2. The molecule has 0 spiro atoms. The third-order valence-corrected chi connectivity index (χ3v) is 22.2. The Hall–Kier alpha value is -1.94. The molecule has 2 unspecified atom stereocenters. The number of aliphatic hydroxyl groups is 1. The molecule has 0 aromatic rings. The van der Waals surface area contributed by atoms with Crippen molar-refractivity contribution in [3.8, 4) is 0 Å². The first kappa shape index (κ1) is 103. The Morgan fingerprint density at radius 3 is 0.648 bits per heavy atom. The molecular formula is C86H168O17P2. The predicted octanol–water partition coefficient (Wildman–Crippen LogP) is 26.4. The minimum atomic E-state index is -4.97. The van der Waals surface area contributed by atoms with Gasteiger partial charge in [0.2, 0.25) is 0 Å². The van der Waals surface area contributed by atoms with E-state index in [9.17, 15) is 43.2 Å². The molecule has 0 aromatic heterocycles. The number of carbonyl (C=O) groups is 4. The van der Waals surface area contributed by atoms with Crippen LogP contribution in [0.1, 0.15) is 465 Å². The van der Waals surface area contributed by atoms with E-state index in [0.717, 1.165) is 95.8 Å². The zero-order chi connectivity index (χ0) is 76.9. The van der Waals surface area contributed by atoms with E-state index in [0.29, 0.717) is 25.7 Å². The Morgan fingerprint density at radius 2 is 0.438 bits per heavy atom. The lowest BCUT2D eigenvalue weighted by Gasteiger charge is -2.21. The van der Waals surface area contributed by atoms with E-state index in [-0.39, 0.29) is 25.7 Å². The van der Waals surface area contributed by atoms with Gasteiger partial charge in [0.05, 0.1) is 26.4 Å². The van der Waals surface area contributed by atoms with Gasteiger partial charge in [-0.2, -0.15) is 0 Å². The molecule has 5 atom stereocenters. The minimum Gasteiger partial charge on any atom is -0.462 e. The van der Waals surface area contributed by atoms with E-state index in [1.807, 2.05) is 0 Å². The smallest absolute Gasteiger partial charge is 0.462 e. The molecule has 19 heteroatoms. The van der Waals surface area contributed by atoms with E-state index < -0.39 is 97.5 Å². The van der Waals surface area contributed by atoms with Crippen LogP contribution in [0, 0.1) is 5.92 Å². The Kier molecular flexibility index (Phi) is 77.3. The van der Waals surface area contributed by atoms with Gasteiger partial charge in [-0.15, -0.1) is 0 Å². The first-order valence-corrected chi connectivity index (χ1v) is 47.6. The molecule has 0 saturated heterocycles. The van der Waals surface area contributed by atoms with Crippen molar-refractivity contribution in [2.45, 2.75) is 483 Å². The van der Waals surface area contributed by atoms with Gasteiger partial charge in [-0.05, 0) is 31.6 Å². The van der Waals surface area contributed by atoms with Gasteiger partial charge in [0.1, 0.15) is 19.3 Å². The number of unbranched alkanes of at least 4 members (excludes halogenated alkanes) is 58. The average Bonchev–Trinajstić information content (AvgIpc) is 0.911. The first-order chi connectivity index (χ1) is 51.0. The summed E-state index contributed by atoms with van der Waals surface area (Å²) in [5.74, 6) is -1.35. The van der Waals surface area contributed by atoms with Crippen LogP contribution in [-0.2, 0) is 65.4 Å². The summed E-state index contributed by atoms with van der Waals surface area (Å²) in [6.45, 7) is 7.36. The van der Waals surface area contributed by atoms with Gasteiger partial charge in [0.25, 0.3) is 0 Å². The number of hydrogen-bond acceptors (Lipinski definition) is 15. The van der Waals surface area contributed by atoms with E-state index >= 15 is 0 Å². The number of aliphatic hydroxyl groups excluding tert-OH is 1. The van der Waals surface area contributed by atoms with Gasteiger partial charge < -0.3 is 33.8 Å². The van der Waals surface area contributed by atoms with Crippen molar-refractivity contribution in [3.63, 3.8) is 0 Å². The van der Waals surface area contributed by atoms with Crippen LogP contribution >= 0.6 is 15.6 Å². The second-order valence-electron chi connectivity index (χ2n) is 31.4. The molecule has 0 heterocycles. The van der Waals surface area contributed by atoms with Crippen LogP contribution in [0.2, 0.25) is 0 Å². The van der Waals surface area contributed by atoms with Gasteiger partial charge in [-0.3, -0.25) is 37.3 Å². The van der Waals surface area contributed by atoms with Gasteiger partial charge in [-0.25, -0.2) is 9.13 Å². The quantitative estimate of drug-likeness (QED) is 0.0222. The SMILES string of the molecule is CCCCCCCCCCCCCCCCCCCCC(=O)OC[C@H](COP(=O)(O)OC[C@@H](O)COP(=O)(O)OC[C@@H](COC(=O)CCCCCCCCCCCC(C)C)OC(=O)CCCCCCCCCCCCCCCCCCC)OC(=O)CCCCCCCCCCCCCCCCCCCC. The van der Waals surface area contributed by atoms with Crippen LogP contribution in [0.25, 0.3) is 0 Å². The third-order valence-electron chi connectivity index (χ3n) is 20.3. The lowest BCUT2D eigenvalue weighted by Crippen LogP contribution is -2.30. The number of phosphoric acid groups is 2. The number of rotatable bonds is 86. The molecule has 0 radical (unpaired) electrons. The Morgan fingerprint density at radius 1 is 0.257 bits per heavy atom. The maximum Gasteiger partial charge on any atom is 0.472 e. The van der Waals surface area contributed by atoms with Crippen molar-refractivity contribution in [1.82, 2.24) is 0 Å². The van der Waals surface area contributed by atoms with Crippen molar-refractivity contribution in [2.24, 2.45) is 5.92 Å². The topological polar surface area (TPSA) is 237 Å². The van der Waals surface area contributed by atoms with Crippen LogP contribution in [-0.4, -0.2) is 96.7 Å².